The number of benzene rings is 1. The molecule has 4 nitrogen and oxygen atoms in total. The van der Waals surface area contributed by atoms with E-state index in [-0.39, 0.29) is 6.42 Å². The van der Waals surface area contributed by atoms with Gasteiger partial charge in [0.15, 0.2) is 6.10 Å². The zero-order valence-electron chi connectivity index (χ0n) is 12.9. The van der Waals surface area contributed by atoms with Crippen LogP contribution in [0, 0.1) is 6.92 Å². The van der Waals surface area contributed by atoms with E-state index in [0.29, 0.717) is 16.9 Å². The number of nitrogens with zero attached hydrogens (tertiary/aromatic N) is 1. The first-order valence-corrected chi connectivity index (χ1v) is 7.28. The molecule has 0 spiro atoms. The summed E-state index contributed by atoms with van der Waals surface area (Å²) in [4.78, 5) is 25.3. The summed E-state index contributed by atoms with van der Waals surface area (Å²) in [7, 11) is 0. The van der Waals surface area contributed by atoms with Crippen LogP contribution in [0.4, 0.5) is 13.2 Å². The van der Waals surface area contributed by atoms with Gasteiger partial charge in [0.05, 0.1) is 12.0 Å². The fourth-order valence-corrected chi connectivity index (χ4v) is 2.84. The molecule has 0 aromatic heterocycles. The lowest BCUT2D eigenvalue weighted by Gasteiger charge is -2.27. The lowest BCUT2D eigenvalue weighted by atomic mass is 9.76. The van der Waals surface area contributed by atoms with E-state index in [1.807, 2.05) is 6.92 Å². The number of hydrogen-bond donors (Lipinski definition) is 1. The van der Waals surface area contributed by atoms with Gasteiger partial charge in [-0.15, -0.1) is 0 Å². The van der Waals surface area contributed by atoms with Crippen molar-refractivity contribution in [2.24, 2.45) is 0 Å². The Labute approximate surface area is 131 Å². The Balaban J connectivity index is 2.33. The van der Waals surface area contributed by atoms with Crippen molar-refractivity contribution in [3.63, 3.8) is 0 Å². The number of rotatable bonds is 4. The van der Waals surface area contributed by atoms with Crippen LogP contribution in [-0.4, -0.2) is 40.6 Å². The molecule has 0 unspecified atom stereocenters. The van der Waals surface area contributed by atoms with Crippen molar-refractivity contribution in [1.29, 1.82) is 0 Å². The molecule has 1 aliphatic heterocycles. The Morgan fingerprint density at radius 3 is 2.30 bits per heavy atom. The van der Waals surface area contributed by atoms with E-state index in [1.165, 1.54) is 0 Å². The summed E-state index contributed by atoms with van der Waals surface area (Å²) < 4.78 is 37.5. The summed E-state index contributed by atoms with van der Waals surface area (Å²) in [6.45, 7) is 2.53. The Hall–Kier alpha value is -1.89. The zero-order valence-corrected chi connectivity index (χ0v) is 12.9. The van der Waals surface area contributed by atoms with Gasteiger partial charge in [0, 0.05) is 6.42 Å². The summed E-state index contributed by atoms with van der Waals surface area (Å²) in [5, 5.41) is 9.16. The number of hydrogen-bond acceptors (Lipinski definition) is 3. The molecule has 1 saturated heterocycles. The van der Waals surface area contributed by atoms with Crippen LogP contribution in [0.25, 0.3) is 0 Å². The number of aliphatic hydroxyl groups excluding tert-OH is 1. The van der Waals surface area contributed by atoms with Crippen LogP contribution in [0.2, 0.25) is 0 Å². The molecule has 23 heavy (non-hydrogen) atoms. The molecule has 1 aliphatic rings. The standard InChI is InChI=1S/C16H18F3NO3/c1-3-15(11-6-4-10(2)5-7-11)8-13(22)20(14(15)23)9-12(21)16(17,18)19/h4-7,12,21H,3,8-9H2,1-2H3/t12-,15+/m1/s1. The van der Waals surface area contributed by atoms with Gasteiger partial charge in [-0.2, -0.15) is 13.2 Å². The normalized spacial score (nSPS) is 23.5. The number of imide groups is 1. The number of aryl methyl sites for hydroxylation is 1. The number of aliphatic hydroxyl groups is 1. The highest BCUT2D eigenvalue weighted by Gasteiger charge is 2.53. The van der Waals surface area contributed by atoms with E-state index >= 15 is 0 Å². The van der Waals surface area contributed by atoms with Gasteiger partial charge in [-0.3, -0.25) is 14.5 Å². The van der Waals surface area contributed by atoms with Crippen molar-refractivity contribution in [3.8, 4) is 0 Å². The van der Waals surface area contributed by atoms with Crippen molar-refractivity contribution in [1.82, 2.24) is 4.90 Å². The van der Waals surface area contributed by atoms with Crippen LogP contribution >= 0.6 is 0 Å². The van der Waals surface area contributed by atoms with Gasteiger partial charge in [-0.05, 0) is 18.9 Å². The van der Waals surface area contributed by atoms with E-state index in [1.54, 1.807) is 31.2 Å². The average Bonchev–Trinajstić information content (AvgIpc) is 2.72. The minimum absolute atomic E-state index is 0.185. The minimum Gasteiger partial charge on any atom is -0.382 e. The van der Waals surface area contributed by atoms with Crippen molar-refractivity contribution >= 4 is 11.8 Å². The van der Waals surface area contributed by atoms with Gasteiger partial charge in [-0.1, -0.05) is 36.8 Å². The molecule has 0 saturated carbocycles. The van der Waals surface area contributed by atoms with E-state index in [0.717, 1.165) is 5.56 Å². The largest absolute Gasteiger partial charge is 0.416 e. The Morgan fingerprint density at radius 2 is 1.83 bits per heavy atom. The van der Waals surface area contributed by atoms with E-state index in [4.69, 9.17) is 5.11 Å². The maximum Gasteiger partial charge on any atom is 0.416 e. The molecule has 1 aromatic carbocycles. The Bertz CT molecular complexity index is 612. The fourth-order valence-electron chi connectivity index (χ4n) is 2.84. The monoisotopic (exact) mass is 329 g/mol. The molecule has 0 bridgehead atoms. The van der Waals surface area contributed by atoms with Crippen LogP contribution in [0.5, 0.6) is 0 Å². The van der Waals surface area contributed by atoms with Crippen LogP contribution in [0.3, 0.4) is 0 Å². The summed E-state index contributed by atoms with van der Waals surface area (Å²) in [5.41, 5.74) is 0.421. The third kappa shape index (κ3) is 3.10. The summed E-state index contributed by atoms with van der Waals surface area (Å²) >= 11 is 0. The van der Waals surface area contributed by atoms with Gasteiger partial charge >= 0.3 is 6.18 Å². The Morgan fingerprint density at radius 1 is 1.26 bits per heavy atom. The van der Waals surface area contributed by atoms with Crippen molar-refractivity contribution in [3.05, 3.63) is 35.4 Å². The van der Waals surface area contributed by atoms with Gasteiger partial charge in [0.2, 0.25) is 11.8 Å². The lowest BCUT2D eigenvalue weighted by Crippen LogP contribution is -2.45. The number of halogens is 3. The first-order valence-electron chi connectivity index (χ1n) is 7.28. The number of β-amino-alcohol motifs (C(OH)–C–C–N with tert-alkyl or cyclic N) is 1. The summed E-state index contributed by atoms with van der Waals surface area (Å²) in [6, 6.07) is 7.01. The minimum atomic E-state index is -4.87. The highest BCUT2D eigenvalue weighted by atomic mass is 19.4. The second kappa shape index (κ2) is 5.96. The molecule has 7 heteroatoms. The quantitative estimate of drug-likeness (QED) is 0.863. The maximum absolute atomic E-state index is 12.6. The van der Waals surface area contributed by atoms with Crippen molar-refractivity contribution < 1.29 is 27.9 Å². The first kappa shape index (κ1) is 17.5. The molecule has 126 valence electrons. The molecule has 0 radical (unpaired) electrons. The number of alkyl halides is 3. The molecular weight excluding hydrogens is 311 g/mol. The predicted molar refractivity (Wildman–Crippen MR) is 76.5 cm³/mol. The van der Waals surface area contributed by atoms with Crippen molar-refractivity contribution in [2.75, 3.05) is 6.54 Å². The van der Waals surface area contributed by atoms with Crippen LogP contribution in [0.1, 0.15) is 30.9 Å². The van der Waals surface area contributed by atoms with Gasteiger partial charge < -0.3 is 5.11 Å². The second-order valence-corrected chi connectivity index (χ2v) is 5.85. The van der Waals surface area contributed by atoms with E-state index in [2.05, 4.69) is 0 Å². The third-order valence-electron chi connectivity index (χ3n) is 4.35. The van der Waals surface area contributed by atoms with Crippen LogP contribution in [0.15, 0.2) is 24.3 Å². The molecule has 2 atom stereocenters. The molecule has 1 aromatic rings. The summed E-state index contributed by atoms with van der Waals surface area (Å²) in [5.74, 6) is -1.38. The fraction of sp³-hybridized carbons (Fsp3) is 0.500. The average molecular weight is 329 g/mol. The summed E-state index contributed by atoms with van der Waals surface area (Å²) in [6.07, 6.45) is -7.50. The number of carbonyl (C=O) groups excluding carboxylic acids is 2. The highest BCUT2D eigenvalue weighted by molar-refractivity contribution is 6.09. The molecule has 2 amide bonds. The lowest BCUT2D eigenvalue weighted by molar-refractivity contribution is -0.207. The third-order valence-corrected chi connectivity index (χ3v) is 4.35. The van der Waals surface area contributed by atoms with Crippen LogP contribution in [-0.2, 0) is 15.0 Å². The molecule has 0 aliphatic carbocycles. The van der Waals surface area contributed by atoms with Crippen LogP contribution < -0.4 is 0 Å². The number of amides is 2. The molecule has 1 fully saturated rings. The van der Waals surface area contributed by atoms with E-state index < -0.39 is 36.1 Å². The topological polar surface area (TPSA) is 57.6 Å². The first-order chi connectivity index (χ1) is 10.6. The molecular formula is C16H18F3NO3. The maximum atomic E-state index is 12.6. The molecule has 1 heterocycles. The molecule has 1 N–H and O–H groups in total. The smallest absolute Gasteiger partial charge is 0.382 e. The van der Waals surface area contributed by atoms with Gasteiger partial charge in [0.25, 0.3) is 0 Å². The number of carbonyl (C=O) groups is 2. The molecule has 2 rings (SSSR count). The van der Waals surface area contributed by atoms with Crippen molar-refractivity contribution in [2.45, 2.75) is 44.4 Å². The van der Waals surface area contributed by atoms with Gasteiger partial charge in [0.1, 0.15) is 0 Å². The second-order valence-electron chi connectivity index (χ2n) is 5.85. The highest BCUT2D eigenvalue weighted by Crippen LogP contribution is 2.40. The van der Waals surface area contributed by atoms with E-state index in [9.17, 15) is 22.8 Å². The SMILES string of the molecule is CC[C@@]1(c2ccc(C)cc2)CC(=O)N(C[C@@H](O)C(F)(F)F)C1=O. The zero-order chi connectivity index (χ0) is 17.4. The predicted octanol–water partition coefficient (Wildman–Crippen LogP) is 2.32. The van der Waals surface area contributed by atoms with Gasteiger partial charge in [-0.25, -0.2) is 0 Å². The Kier molecular flexibility index (Phi) is 4.52. The number of likely N-dealkylation sites (tertiary alicyclic amines) is 1.